The highest BCUT2D eigenvalue weighted by atomic mass is 16.5. The summed E-state index contributed by atoms with van der Waals surface area (Å²) in [4.78, 5) is 19.5. The van der Waals surface area contributed by atoms with Gasteiger partial charge in [0.05, 0.1) is 12.8 Å². The zero-order valence-electron chi connectivity index (χ0n) is 16.3. The predicted octanol–water partition coefficient (Wildman–Crippen LogP) is 3.49. The number of hydrogen-bond donors (Lipinski definition) is 2. The molecule has 6 nitrogen and oxygen atoms in total. The van der Waals surface area contributed by atoms with Crippen molar-refractivity contribution in [2.24, 2.45) is 0 Å². The van der Waals surface area contributed by atoms with Crippen LogP contribution in [0.2, 0.25) is 0 Å². The standard InChI is InChI=1S/C23H24N4O2/c1-29-21-10-6-5-9-19(21)26-23(28)18-11-12-25-22(15-18)27-14-13-24-20(16-27)17-7-3-2-4-8-17/h2-12,15,20,24H,13-14,16H2,1H3,(H,26,28)/t20-/m1/s1. The van der Waals surface area contributed by atoms with Gasteiger partial charge in [-0.05, 0) is 29.8 Å². The fraction of sp³-hybridized carbons (Fsp3) is 0.217. The van der Waals surface area contributed by atoms with Crippen LogP contribution < -0.4 is 20.3 Å². The Labute approximate surface area is 170 Å². The summed E-state index contributed by atoms with van der Waals surface area (Å²) < 4.78 is 5.31. The van der Waals surface area contributed by atoms with E-state index in [9.17, 15) is 4.79 Å². The lowest BCUT2D eigenvalue weighted by Gasteiger charge is -2.34. The van der Waals surface area contributed by atoms with E-state index < -0.39 is 0 Å². The maximum Gasteiger partial charge on any atom is 0.255 e. The number of para-hydroxylation sites is 2. The quantitative estimate of drug-likeness (QED) is 0.700. The van der Waals surface area contributed by atoms with Crippen LogP contribution >= 0.6 is 0 Å². The summed E-state index contributed by atoms with van der Waals surface area (Å²) in [6.07, 6.45) is 1.69. The number of benzene rings is 2. The summed E-state index contributed by atoms with van der Waals surface area (Å²) in [7, 11) is 1.59. The average Bonchev–Trinajstić information content (AvgIpc) is 2.80. The number of amides is 1. The number of pyridine rings is 1. The lowest BCUT2D eigenvalue weighted by Crippen LogP contribution is -2.46. The minimum Gasteiger partial charge on any atom is -0.495 e. The summed E-state index contributed by atoms with van der Waals surface area (Å²) >= 11 is 0. The molecule has 0 radical (unpaired) electrons. The lowest BCUT2D eigenvalue weighted by molar-refractivity contribution is 0.102. The van der Waals surface area contributed by atoms with E-state index in [1.807, 2.05) is 36.4 Å². The van der Waals surface area contributed by atoms with Crippen LogP contribution in [0.3, 0.4) is 0 Å². The number of rotatable bonds is 5. The zero-order chi connectivity index (χ0) is 20.1. The molecule has 1 fully saturated rings. The van der Waals surface area contributed by atoms with Crippen LogP contribution in [0.25, 0.3) is 0 Å². The van der Waals surface area contributed by atoms with Gasteiger partial charge in [0.2, 0.25) is 0 Å². The highest BCUT2D eigenvalue weighted by Crippen LogP contribution is 2.25. The summed E-state index contributed by atoms with van der Waals surface area (Å²) in [6.45, 7) is 2.50. The molecule has 1 aromatic heterocycles. The molecule has 1 amide bonds. The third kappa shape index (κ3) is 4.38. The summed E-state index contributed by atoms with van der Waals surface area (Å²) in [5.74, 6) is 1.25. The molecule has 1 aliphatic rings. The number of piperazine rings is 1. The van der Waals surface area contributed by atoms with Crippen molar-refractivity contribution in [1.29, 1.82) is 0 Å². The van der Waals surface area contributed by atoms with Crippen LogP contribution in [0.1, 0.15) is 22.0 Å². The first-order valence-corrected chi connectivity index (χ1v) is 9.68. The van der Waals surface area contributed by atoms with Crippen molar-refractivity contribution < 1.29 is 9.53 Å². The van der Waals surface area contributed by atoms with E-state index >= 15 is 0 Å². The summed E-state index contributed by atoms with van der Waals surface area (Å²) in [5.41, 5.74) is 2.46. The number of methoxy groups -OCH3 is 1. The van der Waals surface area contributed by atoms with Crippen LogP contribution in [0.15, 0.2) is 72.9 Å². The maximum atomic E-state index is 12.8. The van der Waals surface area contributed by atoms with Gasteiger partial charge in [0, 0.05) is 37.4 Å². The van der Waals surface area contributed by atoms with E-state index in [4.69, 9.17) is 4.74 Å². The van der Waals surface area contributed by atoms with Crippen molar-refractivity contribution in [2.75, 3.05) is 37.0 Å². The molecule has 148 valence electrons. The molecule has 0 aliphatic carbocycles. The Bertz CT molecular complexity index is 977. The van der Waals surface area contributed by atoms with Gasteiger partial charge in [-0.25, -0.2) is 4.98 Å². The van der Waals surface area contributed by atoms with Crippen LogP contribution in [-0.4, -0.2) is 37.6 Å². The van der Waals surface area contributed by atoms with Crippen molar-refractivity contribution >= 4 is 17.4 Å². The number of nitrogens with one attached hydrogen (secondary N) is 2. The molecule has 1 saturated heterocycles. The number of carbonyl (C=O) groups is 1. The Balaban J connectivity index is 1.50. The molecule has 1 aliphatic heterocycles. The van der Waals surface area contributed by atoms with Crippen LogP contribution in [0.5, 0.6) is 5.75 Å². The molecule has 2 heterocycles. The molecule has 3 aromatic rings. The van der Waals surface area contributed by atoms with E-state index in [2.05, 4.69) is 44.8 Å². The molecular weight excluding hydrogens is 364 g/mol. The van der Waals surface area contributed by atoms with Gasteiger partial charge in [0.25, 0.3) is 5.91 Å². The Morgan fingerprint density at radius 3 is 2.76 bits per heavy atom. The number of anilines is 2. The number of nitrogens with zero attached hydrogens (tertiary/aromatic N) is 2. The van der Waals surface area contributed by atoms with Gasteiger partial charge in [0.15, 0.2) is 0 Å². The monoisotopic (exact) mass is 388 g/mol. The molecule has 0 spiro atoms. The molecule has 4 rings (SSSR count). The number of aromatic nitrogens is 1. The predicted molar refractivity (Wildman–Crippen MR) is 115 cm³/mol. The third-order valence-corrected chi connectivity index (χ3v) is 5.06. The first kappa shape index (κ1) is 19.0. The van der Waals surface area contributed by atoms with E-state index in [1.165, 1.54) is 5.56 Å². The number of ether oxygens (including phenoxy) is 1. The molecule has 0 unspecified atom stereocenters. The first-order chi connectivity index (χ1) is 14.2. The molecule has 1 atom stereocenters. The Kier molecular flexibility index (Phi) is 5.72. The summed E-state index contributed by atoms with van der Waals surface area (Å²) in [5, 5.41) is 6.48. The minimum absolute atomic E-state index is 0.187. The molecule has 29 heavy (non-hydrogen) atoms. The smallest absolute Gasteiger partial charge is 0.255 e. The van der Waals surface area contributed by atoms with E-state index in [-0.39, 0.29) is 11.9 Å². The molecular formula is C23H24N4O2. The number of carbonyl (C=O) groups excluding carboxylic acids is 1. The molecule has 0 bridgehead atoms. The second kappa shape index (κ2) is 8.75. The van der Waals surface area contributed by atoms with Crippen molar-refractivity contribution in [3.63, 3.8) is 0 Å². The number of hydrogen-bond acceptors (Lipinski definition) is 5. The topological polar surface area (TPSA) is 66.5 Å². The molecule has 0 saturated carbocycles. The Morgan fingerprint density at radius 1 is 1.14 bits per heavy atom. The second-order valence-corrected chi connectivity index (χ2v) is 6.92. The van der Waals surface area contributed by atoms with Crippen LogP contribution in [0, 0.1) is 0 Å². The molecule has 2 aromatic carbocycles. The van der Waals surface area contributed by atoms with Gasteiger partial charge in [0.1, 0.15) is 11.6 Å². The first-order valence-electron chi connectivity index (χ1n) is 9.68. The maximum absolute atomic E-state index is 12.8. The van der Waals surface area contributed by atoms with E-state index in [1.54, 1.807) is 19.4 Å². The fourth-order valence-electron chi connectivity index (χ4n) is 3.54. The second-order valence-electron chi connectivity index (χ2n) is 6.92. The van der Waals surface area contributed by atoms with Crippen molar-refractivity contribution in [3.8, 4) is 5.75 Å². The zero-order valence-corrected chi connectivity index (χ0v) is 16.3. The average molecular weight is 388 g/mol. The lowest BCUT2D eigenvalue weighted by atomic mass is 10.0. The molecule has 2 N–H and O–H groups in total. The van der Waals surface area contributed by atoms with Crippen LogP contribution in [-0.2, 0) is 0 Å². The van der Waals surface area contributed by atoms with Gasteiger partial charge in [-0.3, -0.25) is 4.79 Å². The van der Waals surface area contributed by atoms with E-state index in [0.717, 1.165) is 25.5 Å². The van der Waals surface area contributed by atoms with E-state index in [0.29, 0.717) is 17.0 Å². The van der Waals surface area contributed by atoms with Gasteiger partial charge in [-0.2, -0.15) is 0 Å². The Morgan fingerprint density at radius 2 is 1.93 bits per heavy atom. The van der Waals surface area contributed by atoms with Crippen molar-refractivity contribution in [3.05, 3.63) is 84.1 Å². The van der Waals surface area contributed by atoms with Gasteiger partial charge in [-0.15, -0.1) is 0 Å². The fourth-order valence-corrected chi connectivity index (χ4v) is 3.54. The normalized spacial score (nSPS) is 16.3. The van der Waals surface area contributed by atoms with Gasteiger partial charge in [-0.1, -0.05) is 42.5 Å². The van der Waals surface area contributed by atoms with Crippen LogP contribution in [0.4, 0.5) is 11.5 Å². The van der Waals surface area contributed by atoms with Crippen molar-refractivity contribution in [2.45, 2.75) is 6.04 Å². The molecule has 6 heteroatoms. The van der Waals surface area contributed by atoms with Crippen molar-refractivity contribution in [1.82, 2.24) is 10.3 Å². The Hall–Kier alpha value is -3.38. The minimum atomic E-state index is -0.187. The summed E-state index contributed by atoms with van der Waals surface area (Å²) in [6, 6.07) is 21.6. The third-order valence-electron chi connectivity index (χ3n) is 5.06. The largest absolute Gasteiger partial charge is 0.495 e. The van der Waals surface area contributed by atoms with Gasteiger partial charge >= 0.3 is 0 Å². The highest BCUT2D eigenvalue weighted by molar-refractivity contribution is 6.05. The van der Waals surface area contributed by atoms with Gasteiger partial charge < -0.3 is 20.3 Å². The SMILES string of the molecule is COc1ccccc1NC(=O)c1ccnc(N2CCN[C@@H](c3ccccc3)C2)c1. The highest BCUT2D eigenvalue weighted by Gasteiger charge is 2.22.